The van der Waals surface area contributed by atoms with Crippen LogP contribution >= 0.6 is 0 Å². The number of aromatic amines is 1. The molecule has 1 aromatic heterocycles. The van der Waals surface area contributed by atoms with E-state index in [4.69, 9.17) is 0 Å². The van der Waals surface area contributed by atoms with Crippen LogP contribution in [0, 0.1) is 0 Å². The molecule has 3 aromatic rings. The minimum Gasteiger partial charge on any atom is -0.348 e. The van der Waals surface area contributed by atoms with Crippen LogP contribution in [-0.4, -0.2) is 37.2 Å². The molecule has 2 aromatic carbocycles. The van der Waals surface area contributed by atoms with E-state index >= 15 is 0 Å². The van der Waals surface area contributed by atoms with Crippen LogP contribution in [0.2, 0.25) is 0 Å². The highest BCUT2D eigenvalue weighted by atomic mass is 32.2. The number of aromatic nitrogens is 1. The number of H-pyrrole nitrogens is 1. The van der Waals surface area contributed by atoms with Gasteiger partial charge < -0.3 is 10.3 Å². The summed E-state index contributed by atoms with van der Waals surface area (Å²) in [6.45, 7) is -0.273. The van der Waals surface area contributed by atoms with Gasteiger partial charge in [-0.05, 0) is 60.0 Å². The van der Waals surface area contributed by atoms with Gasteiger partial charge in [0.1, 0.15) is 0 Å². The van der Waals surface area contributed by atoms with Gasteiger partial charge in [0.05, 0.1) is 17.5 Å². The van der Waals surface area contributed by atoms with Gasteiger partial charge in [0.25, 0.3) is 0 Å². The highest BCUT2D eigenvalue weighted by molar-refractivity contribution is 7.89. The molecule has 0 aliphatic heterocycles. The van der Waals surface area contributed by atoms with Crippen molar-refractivity contribution in [1.29, 1.82) is 0 Å². The number of nitrogens with one attached hydrogen (secondary N) is 2. The van der Waals surface area contributed by atoms with E-state index in [1.165, 1.54) is 30.8 Å². The molecular formula is C22H23N3O4S. The molecule has 1 aliphatic carbocycles. The third-order valence-corrected chi connectivity index (χ3v) is 7.27. The number of amides is 1. The molecule has 1 unspecified atom stereocenters. The number of hydrogen-bond acceptors (Lipinski definition) is 4. The van der Waals surface area contributed by atoms with Crippen molar-refractivity contribution >= 4 is 26.8 Å². The molecule has 0 bridgehead atoms. The molecule has 0 saturated carbocycles. The van der Waals surface area contributed by atoms with E-state index in [0.29, 0.717) is 10.9 Å². The zero-order valence-corrected chi connectivity index (χ0v) is 17.4. The first-order valence-corrected chi connectivity index (χ1v) is 11.3. The maximum Gasteiger partial charge on any atom is 0.248 e. The minimum absolute atomic E-state index is 0.0698. The molecule has 156 valence electrons. The van der Waals surface area contributed by atoms with Crippen molar-refractivity contribution < 1.29 is 13.2 Å². The number of rotatable bonds is 5. The molecule has 0 spiro atoms. The molecule has 1 aliphatic rings. The number of likely N-dealkylation sites (N-methyl/N-ethyl adjacent to an activating group) is 1. The molecule has 0 fully saturated rings. The monoisotopic (exact) mass is 425 g/mol. The molecule has 30 heavy (non-hydrogen) atoms. The number of fused-ring (bicyclic) bond motifs is 2. The van der Waals surface area contributed by atoms with Crippen LogP contribution in [0.4, 0.5) is 0 Å². The molecule has 8 heteroatoms. The molecule has 1 atom stereocenters. The van der Waals surface area contributed by atoms with Crippen molar-refractivity contribution in [3.8, 4) is 0 Å². The molecule has 0 radical (unpaired) electrons. The Bertz CT molecular complexity index is 1270. The second-order valence-corrected chi connectivity index (χ2v) is 9.59. The van der Waals surface area contributed by atoms with E-state index in [-0.39, 0.29) is 28.9 Å². The summed E-state index contributed by atoms with van der Waals surface area (Å²) >= 11 is 0. The summed E-state index contributed by atoms with van der Waals surface area (Å²) in [5, 5.41) is 3.58. The first-order valence-electron chi connectivity index (χ1n) is 9.81. The Hall–Kier alpha value is -2.97. The fourth-order valence-corrected chi connectivity index (χ4v) is 5.07. The number of benzene rings is 2. The van der Waals surface area contributed by atoms with E-state index in [2.05, 4.69) is 16.4 Å². The molecule has 2 N–H and O–H groups in total. The van der Waals surface area contributed by atoms with E-state index in [1.54, 1.807) is 12.1 Å². The van der Waals surface area contributed by atoms with Crippen LogP contribution < -0.4 is 10.9 Å². The lowest BCUT2D eigenvalue weighted by Gasteiger charge is -2.27. The van der Waals surface area contributed by atoms with Crippen molar-refractivity contribution in [2.24, 2.45) is 0 Å². The summed E-state index contributed by atoms with van der Waals surface area (Å²) in [5.74, 6) is -0.340. The van der Waals surface area contributed by atoms with Crippen LogP contribution in [0.3, 0.4) is 0 Å². The Kier molecular flexibility index (Phi) is 5.44. The molecule has 1 amide bonds. The lowest BCUT2D eigenvalue weighted by atomic mass is 9.88. The summed E-state index contributed by atoms with van der Waals surface area (Å²) in [5.41, 5.74) is 2.63. The summed E-state index contributed by atoms with van der Waals surface area (Å²) in [6, 6.07) is 15.3. The van der Waals surface area contributed by atoms with E-state index in [9.17, 15) is 18.0 Å². The van der Waals surface area contributed by atoms with Crippen LogP contribution in [0.25, 0.3) is 10.9 Å². The number of sulfonamides is 1. The van der Waals surface area contributed by atoms with E-state index in [1.807, 2.05) is 18.2 Å². The second kappa shape index (κ2) is 8.04. The van der Waals surface area contributed by atoms with Gasteiger partial charge in [-0.15, -0.1) is 0 Å². The summed E-state index contributed by atoms with van der Waals surface area (Å²) < 4.78 is 26.9. The van der Waals surface area contributed by atoms with Gasteiger partial charge in [0, 0.05) is 18.6 Å². The van der Waals surface area contributed by atoms with Crippen molar-refractivity contribution in [3.63, 3.8) is 0 Å². The minimum atomic E-state index is -3.86. The molecular weight excluding hydrogens is 402 g/mol. The van der Waals surface area contributed by atoms with Crippen molar-refractivity contribution in [3.05, 3.63) is 76.1 Å². The zero-order valence-electron chi connectivity index (χ0n) is 16.6. The largest absolute Gasteiger partial charge is 0.348 e. The topological polar surface area (TPSA) is 99.3 Å². The lowest BCUT2D eigenvalue weighted by Crippen LogP contribution is -2.40. The van der Waals surface area contributed by atoms with Gasteiger partial charge in [-0.25, -0.2) is 8.42 Å². The molecule has 1 heterocycles. The molecule has 0 saturated heterocycles. The van der Waals surface area contributed by atoms with Gasteiger partial charge in [0.2, 0.25) is 21.5 Å². The van der Waals surface area contributed by atoms with Gasteiger partial charge >= 0.3 is 0 Å². The van der Waals surface area contributed by atoms with Crippen molar-refractivity contribution in [2.75, 3.05) is 13.6 Å². The molecule has 7 nitrogen and oxygen atoms in total. The SMILES string of the molecule is CN(CC(=O)NC1CCCc2ccccc21)S(=O)(=O)c1ccc2[nH]c(=O)ccc2c1. The van der Waals surface area contributed by atoms with Crippen LogP contribution in [0.1, 0.15) is 30.0 Å². The molecule has 4 rings (SSSR count). The summed E-state index contributed by atoms with van der Waals surface area (Å²) in [4.78, 5) is 26.7. The van der Waals surface area contributed by atoms with Gasteiger partial charge in [0.15, 0.2) is 0 Å². The Morgan fingerprint density at radius 3 is 2.80 bits per heavy atom. The number of carbonyl (C=O) groups is 1. The summed E-state index contributed by atoms with van der Waals surface area (Å²) in [7, 11) is -2.47. The maximum atomic E-state index is 12.9. The Morgan fingerprint density at radius 1 is 1.17 bits per heavy atom. The highest BCUT2D eigenvalue weighted by Gasteiger charge is 2.26. The second-order valence-electron chi connectivity index (χ2n) is 7.54. The zero-order chi connectivity index (χ0) is 21.3. The fourth-order valence-electron chi connectivity index (χ4n) is 3.90. The van der Waals surface area contributed by atoms with Gasteiger partial charge in [-0.3, -0.25) is 9.59 Å². The predicted octanol–water partition coefficient (Wildman–Crippen LogP) is 2.34. The normalized spacial score (nSPS) is 16.4. The lowest BCUT2D eigenvalue weighted by molar-refractivity contribution is -0.122. The smallest absolute Gasteiger partial charge is 0.248 e. The first-order chi connectivity index (χ1) is 14.3. The maximum absolute atomic E-state index is 12.9. The van der Waals surface area contributed by atoms with E-state index in [0.717, 1.165) is 29.1 Å². The standard InChI is InChI=1S/C22H23N3O4S/c1-25(14-22(27)24-20-8-4-6-15-5-2-3-7-18(15)20)30(28,29)17-10-11-19-16(13-17)9-12-21(26)23-19/h2-3,5,7,9-13,20H,4,6,8,14H2,1H3,(H,23,26)(H,24,27). The number of hydrogen-bond donors (Lipinski definition) is 2. The number of pyridine rings is 1. The highest BCUT2D eigenvalue weighted by Crippen LogP contribution is 2.29. The van der Waals surface area contributed by atoms with Crippen molar-refractivity contribution in [1.82, 2.24) is 14.6 Å². The van der Waals surface area contributed by atoms with Crippen LogP contribution in [0.5, 0.6) is 0 Å². The predicted molar refractivity (Wildman–Crippen MR) is 115 cm³/mol. The Labute approximate surface area is 174 Å². The quantitative estimate of drug-likeness (QED) is 0.655. The fraction of sp³-hybridized carbons (Fsp3) is 0.273. The summed E-state index contributed by atoms with van der Waals surface area (Å²) in [6.07, 6.45) is 2.81. The third kappa shape index (κ3) is 4.01. The van der Waals surface area contributed by atoms with Crippen LogP contribution in [0.15, 0.2) is 64.3 Å². The number of nitrogens with zero attached hydrogens (tertiary/aromatic N) is 1. The van der Waals surface area contributed by atoms with Gasteiger partial charge in [-0.1, -0.05) is 24.3 Å². The number of carbonyl (C=O) groups excluding carboxylic acids is 1. The number of aryl methyl sites for hydroxylation is 1. The van der Waals surface area contributed by atoms with E-state index < -0.39 is 10.0 Å². The first kappa shape index (κ1) is 20.3. The Morgan fingerprint density at radius 2 is 1.97 bits per heavy atom. The third-order valence-electron chi connectivity index (χ3n) is 5.47. The average molecular weight is 426 g/mol. The Balaban J connectivity index is 1.49. The van der Waals surface area contributed by atoms with Crippen LogP contribution in [-0.2, 0) is 21.2 Å². The van der Waals surface area contributed by atoms with Crippen molar-refractivity contribution in [2.45, 2.75) is 30.2 Å². The van der Waals surface area contributed by atoms with Gasteiger partial charge in [-0.2, -0.15) is 4.31 Å². The average Bonchev–Trinajstić information content (AvgIpc) is 2.73.